The third-order valence-electron chi connectivity index (χ3n) is 3.60. The molecule has 0 spiro atoms. The van der Waals surface area contributed by atoms with Crippen LogP contribution < -0.4 is 10.6 Å². The van der Waals surface area contributed by atoms with Gasteiger partial charge in [0.05, 0.1) is 24.4 Å². The van der Waals surface area contributed by atoms with Crippen LogP contribution in [0.1, 0.15) is 25.8 Å². The minimum Gasteiger partial charge on any atom is -0.409 e. The van der Waals surface area contributed by atoms with Crippen LogP contribution in [0, 0.1) is 5.82 Å². The van der Waals surface area contributed by atoms with E-state index in [1.54, 1.807) is 12.1 Å². The largest absolute Gasteiger partial charge is 0.409 e. The molecule has 3 N–H and O–H groups in total. The van der Waals surface area contributed by atoms with Crippen molar-refractivity contribution < 1.29 is 14.3 Å². The monoisotopic (exact) mass is 281 g/mol. The van der Waals surface area contributed by atoms with Gasteiger partial charge in [0.15, 0.2) is 5.84 Å². The maximum Gasteiger partial charge on any atom is 0.170 e. The van der Waals surface area contributed by atoms with Crippen molar-refractivity contribution in [3.8, 4) is 0 Å². The van der Waals surface area contributed by atoms with Crippen LogP contribution >= 0.6 is 0 Å². The van der Waals surface area contributed by atoms with Crippen molar-refractivity contribution in [2.75, 3.05) is 18.1 Å². The van der Waals surface area contributed by atoms with E-state index in [4.69, 9.17) is 15.7 Å². The zero-order valence-electron chi connectivity index (χ0n) is 11.7. The van der Waals surface area contributed by atoms with Crippen molar-refractivity contribution in [3.63, 3.8) is 0 Å². The lowest BCUT2D eigenvalue weighted by Crippen LogP contribution is -2.49. The SMILES string of the molecule is CCC1COC(C)CN1c1ccc(C(N)=NO)cc1F. The number of benzene rings is 1. The number of anilines is 1. The Bertz CT molecular complexity index is 507. The van der Waals surface area contributed by atoms with Gasteiger partial charge in [0, 0.05) is 12.1 Å². The van der Waals surface area contributed by atoms with Crippen LogP contribution in [0.5, 0.6) is 0 Å². The molecular weight excluding hydrogens is 261 g/mol. The van der Waals surface area contributed by atoms with Crippen LogP contribution in [0.2, 0.25) is 0 Å². The lowest BCUT2D eigenvalue weighted by molar-refractivity contribution is 0.0297. The first kappa shape index (κ1) is 14.6. The molecule has 1 saturated heterocycles. The molecule has 0 bridgehead atoms. The van der Waals surface area contributed by atoms with Gasteiger partial charge in [-0.25, -0.2) is 4.39 Å². The molecule has 1 heterocycles. The molecule has 20 heavy (non-hydrogen) atoms. The number of morpholine rings is 1. The van der Waals surface area contributed by atoms with Gasteiger partial charge in [-0.2, -0.15) is 0 Å². The van der Waals surface area contributed by atoms with Crippen LogP contribution in [0.4, 0.5) is 10.1 Å². The Kier molecular flexibility index (Phi) is 4.44. The third-order valence-corrected chi connectivity index (χ3v) is 3.60. The highest BCUT2D eigenvalue weighted by atomic mass is 19.1. The van der Waals surface area contributed by atoms with Gasteiger partial charge < -0.3 is 20.6 Å². The molecule has 2 rings (SSSR count). The summed E-state index contributed by atoms with van der Waals surface area (Å²) in [6.07, 6.45) is 0.953. The highest BCUT2D eigenvalue weighted by molar-refractivity contribution is 5.97. The first-order chi connectivity index (χ1) is 9.56. The Hall–Kier alpha value is -1.82. The molecule has 6 heteroatoms. The van der Waals surface area contributed by atoms with Crippen LogP contribution in [0.3, 0.4) is 0 Å². The Morgan fingerprint density at radius 3 is 2.95 bits per heavy atom. The number of nitrogens with two attached hydrogens (primary N) is 1. The van der Waals surface area contributed by atoms with Gasteiger partial charge in [-0.15, -0.1) is 0 Å². The molecule has 5 nitrogen and oxygen atoms in total. The molecule has 0 radical (unpaired) electrons. The van der Waals surface area contributed by atoms with Crippen molar-refractivity contribution in [2.45, 2.75) is 32.4 Å². The van der Waals surface area contributed by atoms with E-state index in [0.717, 1.165) is 6.42 Å². The summed E-state index contributed by atoms with van der Waals surface area (Å²) >= 11 is 0. The van der Waals surface area contributed by atoms with E-state index in [1.165, 1.54) is 6.07 Å². The molecule has 0 amide bonds. The van der Waals surface area contributed by atoms with Crippen LogP contribution in [0.15, 0.2) is 23.4 Å². The summed E-state index contributed by atoms with van der Waals surface area (Å²) in [6.45, 7) is 5.28. The number of nitrogens with zero attached hydrogens (tertiary/aromatic N) is 2. The Balaban J connectivity index is 2.31. The molecule has 1 fully saturated rings. The van der Waals surface area contributed by atoms with Crippen LogP contribution in [-0.2, 0) is 4.74 Å². The second-order valence-corrected chi connectivity index (χ2v) is 5.01. The molecule has 0 saturated carbocycles. The average Bonchev–Trinajstić information content (AvgIpc) is 2.46. The van der Waals surface area contributed by atoms with Gasteiger partial charge in [0.25, 0.3) is 0 Å². The predicted molar refractivity (Wildman–Crippen MR) is 75.7 cm³/mol. The topological polar surface area (TPSA) is 71.1 Å². The summed E-state index contributed by atoms with van der Waals surface area (Å²) in [5.41, 5.74) is 6.36. The third kappa shape index (κ3) is 2.85. The zero-order chi connectivity index (χ0) is 14.7. The molecule has 2 atom stereocenters. The van der Waals surface area contributed by atoms with E-state index < -0.39 is 0 Å². The van der Waals surface area contributed by atoms with Crippen molar-refractivity contribution in [3.05, 3.63) is 29.6 Å². The van der Waals surface area contributed by atoms with E-state index in [2.05, 4.69) is 12.1 Å². The van der Waals surface area contributed by atoms with Gasteiger partial charge in [0.2, 0.25) is 0 Å². The normalized spacial score (nSPS) is 23.9. The van der Waals surface area contributed by atoms with Crippen LogP contribution in [0.25, 0.3) is 0 Å². The minimum absolute atomic E-state index is 0.0703. The Morgan fingerprint density at radius 2 is 2.35 bits per heavy atom. The predicted octanol–water partition coefficient (Wildman–Crippen LogP) is 1.92. The molecule has 1 aromatic rings. The Labute approximate surface area is 117 Å². The highest BCUT2D eigenvalue weighted by Crippen LogP contribution is 2.27. The molecule has 1 aliphatic heterocycles. The second kappa shape index (κ2) is 6.09. The summed E-state index contributed by atoms with van der Waals surface area (Å²) in [6, 6.07) is 4.77. The number of rotatable bonds is 3. The molecule has 0 aromatic heterocycles. The van der Waals surface area contributed by atoms with Gasteiger partial charge in [-0.3, -0.25) is 0 Å². The van der Waals surface area contributed by atoms with Gasteiger partial charge >= 0.3 is 0 Å². The minimum atomic E-state index is -0.373. The summed E-state index contributed by atoms with van der Waals surface area (Å²) in [4.78, 5) is 2.03. The van der Waals surface area contributed by atoms with E-state index in [-0.39, 0.29) is 23.8 Å². The van der Waals surface area contributed by atoms with E-state index in [0.29, 0.717) is 24.4 Å². The van der Waals surface area contributed by atoms with Crippen molar-refractivity contribution in [1.82, 2.24) is 0 Å². The molecular formula is C14H20FN3O2. The van der Waals surface area contributed by atoms with E-state index in [9.17, 15) is 4.39 Å². The summed E-state index contributed by atoms with van der Waals surface area (Å²) in [5.74, 6) is -0.473. The van der Waals surface area contributed by atoms with Gasteiger partial charge in [0.1, 0.15) is 5.82 Å². The molecule has 2 unspecified atom stereocenters. The zero-order valence-corrected chi connectivity index (χ0v) is 11.7. The number of oxime groups is 1. The number of halogens is 1. The second-order valence-electron chi connectivity index (χ2n) is 5.01. The first-order valence-electron chi connectivity index (χ1n) is 6.72. The molecule has 1 aromatic carbocycles. The number of hydrogen-bond donors (Lipinski definition) is 2. The van der Waals surface area contributed by atoms with E-state index in [1.807, 2.05) is 11.8 Å². The fourth-order valence-electron chi connectivity index (χ4n) is 2.43. The van der Waals surface area contributed by atoms with Gasteiger partial charge in [-0.1, -0.05) is 12.1 Å². The Morgan fingerprint density at radius 1 is 1.60 bits per heavy atom. The van der Waals surface area contributed by atoms with Crippen LogP contribution in [-0.4, -0.2) is 36.3 Å². The van der Waals surface area contributed by atoms with Crippen molar-refractivity contribution >= 4 is 11.5 Å². The molecule has 110 valence electrons. The van der Waals surface area contributed by atoms with Crippen molar-refractivity contribution in [2.24, 2.45) is 10.9 Å². The number of hydrogen-bond acceptors (Lipinski definition) is 4. The first-order valence-corrected chi connectivity index (χ1v) is 6.72. The smallest absolute Gasteiger partial charge is 0.170 e. The lowest BCUT2D eigenvalue weighted by atomic mass is 10.1. The molecule has 1 aliphatic rings. The quantitative estimate of drug-likeness (QED) is 0.384. The summed E-state index contributed by atoms with van der Waals surface area (Å²) in [7, 11) is 0. The van der Waals surface area contributed by atoms with E-state index >= 15 is 0 Å². The average molecular weight is 281 g/mol. The number of ether oxygens (including phenoxy) is 1. The van der Waals surface area contributed by atoms with Crippen molar-refractivity contribution in [1.29, 1.82) is 0 Å². The summed E-state index contributed by atoms with van der Waals surface area (Å²) < 4.78 is 19.9. The lowest BCUT2D eigenvalue weighted by Gasteiger charge is -2.40. The maximum absolute atomic E-state index is 14.3. The standard InChI is InChI=1S/C14H20FN3O2/c1-3-11-8-20-9(2)7-18(11)13-5-4-10(6-12(13)15)14(16)17-19/h4-6,9,11,19H,3,7-8H2,1-2H3,(H2,16,17). The fraction of sp³-hybridized carbons (Fsp3) is 0.500. The maximum atomic E-state index is 14.3. The number of amidine groups is 1. The summed E-state index contributed by atoms with van der Waals surface area (Å²) in [5, 5.41) is 11.5. The van der Waals surface area contributed by atoms with Gasteiger partial charge in [-0.05, 0) is 31.5 Å². The fourth-order valence-corrected chi connectivity index (χ4v) is 2.43. The highest BCUT2D eigenvalue weighted by Gasteiger charge is 2.27. The molecule has 0 aliphatic carbocycles.